The molecular weight excluding hydrogens is 284 g/mol. The normalized spacial score (nSPS) is 12.6. The fourth-order valence-corrected chi connectivity index (χ4v) is 2.82. The van der Waals surface area contributed by atoms with Crippen LogP contribution in [0.4, 0.5) is 0 Å². The first-order valence-electron chi connectivity index (χ1n) is 7.49. The molecule has 0 amide bonds. The van der Waals surface area contributed by atoms with Crippen molar-refractivity contribution < 1.29 is 0 Å². The highest BCUT2D eigenvalue weighted by Gasteiger charge is 2.17. The third-order valence-corrected chi connectivity index (χ3v) is 4.08. The van der Waals surface area contributed by atoms with E-state index in [1.54, 1.807) is 6.20 Å². The number of hydrogen-bond donors (Lipinski definition) is 1. The highest BCUT2D eigenvalue weighted by molar-refractivity contribution is 6.31. The van der Waals surface area contributed by atoms with Gasteiger partial charge in [0.1, 0.15) is 0 Å². The summed E-state index contributed by atoms with van der Waals surface area (Å²) in [5.41, 5.74) is 3.26. The van der Waals surface area contributed by atoms with E-state index in [1.165, 1.54) is 5.56 Å². The Bertz CT molecular complexity index is 565. The Morgan fingerprint density at radius 1 is 1.33 bits per heavy atom. The Labute approximate surface area is 131 Å². The molecule has 2 heterocycles. The molecule has 2 rings (SSSR count). The highest BCUT2D eigenvalue weighted by atomic mass is 35.5. The Morgan fingerprint density at radius 2 is 2.14 bits per heavy atom. The number of hydrogen-bond acceptors (Lipinski definition) is 3. The third kappa shape index (κ3) is 4.05. The minimum atomic E-state index is 0.332. The molecule has 0 radical (unpaired) electrons. The largest absolute Gasteiger partial charge is 0.314 e. The number of rotatable bonds is 7. The van der Waals surface area contributed by atoms with Crippen molar-refractivity contribution in [2.45, 2.75) is 46.2 Å². The van der Waals surface area contributed by atoms with Crippen molar-refractivity contribution >= 4 is 11.6 Å². The Balaban J connectivity index is 2.16. The molecule has 2 aromatic heterocycles. The van der Waals surface area contributed by atoms with Crippen LogP contribution < -0.4 is 5.32 Å². The molecule has 0 spiro atoms. The predicted octanol–water partition coefficient (Wildman–Crippen LogP) is 3.02. The summed E-state index contributed by atoms with van der Waals surface area (Å²) in [5.74, 6) is 0. The molecule has 0 aliphatic heterocycles. The molecular formula is C16H23ClN4. The van der Waals surface area contributed by atoms with Crippen molar-refractivity contribution in [3.63, 3.8) is 0 Å². The van der Waals surface area contributed by atoms with Crippen molar-refractivity contribution in [3.05, 3.63) is 46.5 Å². The molecule has 2 aromatic rings. The average Bonchev–Trinajstić information content (AvgIpc) is 2.76. The quantitative estimate of drug-likeness (QED) is 0.855. The second kappa shape index (κ2) is 7.57. The van der Waals surface area contributed by atoms with Gasteiger partial charge in [0.15, 0.2) is 0 Å². The summed E-state index contributed by atoms with van der Waals surface area (Å²) >= 11 is 6.42. The molecule has 5 heteroatoms. The van der Waals surface area contributed by atoms with Gasteiger partial charge in [0, 0.05) is 31.4 Å². The summed E-state index contributed by atoms with van der Waals surface area (Å²) in [6.45, 7) is 7.95. The summed E-state index contributed by atoms with van der Waals surface area (Å²) in [6, 6.07) is 4.42. The molecule has 21 heavy (non-hydrogen) atoms. The van der Waals surface area contributed by atoms with E-state index < -0.39 is 0 Å². The minimum absolute atomic E-state index is 0.332. The van der Waals surface area contributed by atoms with Gasteiger partial charge < -0.3 is 5.32 Å². The standard InChI is InChI=1S/C16H23ClN4/c1-4-19-14(9-13-7-6-8-18-11-13)10-15-16(17)12(3)20-21(15)5-2/h6-8,11,14,19H,4-5,9-10H2,1-3H3. The van der Waals surface area contributed by atoms with Gasteiger partial charge in [-0.15, -0.1) is 0 Å². The topological polar surface area (TPSA) is 42.7 Å². The SMILES string of the molecule is CCNC(Cc1cccnc1)Cc1c(Cl)c(C)nn1CC. The number of nitrogens with one attached hydrogen (secondary N) is 1. The van der Waals surface area contributed by atoms with Crippen LogP contribution >= 0.6 is 11.6 Å². The van der Waals surface area contributed by atoms with Crippen LogP contribution in [0.5, 0.6) is 0 Å². The summed E-state index contributed by atoms with van der Waals surface area (Å²) < 4.78 is 2.01. The van der Waals surface area contributed by atoms with Crippen LogP contribution in [0.2, 0.25) is 5.02 Å². The molecule has 0 fully saturated rings. The van der Waals surface area contributed by atoms with Crippen molar-refractivity contribution in [3.8, 4) is 0 Å². The summed E-state index contributed by atoms with van der Waals surface area (Å²) in [5, 5.41) is 8.83. The second-order valence-corrected chi connectivity index (χ2v) is 5.56. The Morgan fingerprint density at radius 3 is 2.76 bits per heavy atom. The van der Waals surface area contributed by atoms with Gasteiger partial charge in [0.05, 0.1) is 16.4 Å². The summed E-state index contributed by atoms with van der Waals surface area (Å²) in [7, 11) is 0. The molecule has 0 bridgehead atoms. The van der Waals surface area contributed by atoms with E-state index in [0.717, 1.165) is 42.3 Å². The van der Waals surface area contributed by atoms with E-state index >= 15 is 0 Å². The lowest BCUT2D eigenvalue weighted by atomic mass is 10.0. The van der Waals surface area contributed by atoms with Crippen molar-refractivity contribution in [1.82, 2.24) is 20.1 Å². The van der Waals surface area contributed by atoms with E-state index in [4.69, 9.17) is 11.6 Å². The lowest BCUT2D eigenvalue weighted by Crippen LogP contribution is -2.34. The van der Waals surface area contributed by atoms with Crippen molar-refractivity contribution in [1.29, 1.82) is 0 Å². The second-order valence-electron chi connectivity index (χ2n) is 5.19. The van der Waals surface area contributed by atoms with Gasteiger partial charge >= 0.3 is 0 Å². The molecule has 4 nitrogen and oxygen atoms in total. The van der Waals surface area contributed by atoms with Crippen LogP contribution in [0.3, 0.4) is 0 Å². The first-order chi connectivity index (χ1) is 10.2. The van der Waals surface area contributed by atoms with Gasteiger partial charge in [-0.25, -0.2) is 0 Å². The first kappa shape index (κ1) is 16.0. The first-order valence-corrected chi connectivity index (χ1v) is 7.87. The molecule has 0 aromatic carbocycles. The van der Waals surface area contributed by atoms with E-state index in [0.29, 0.717) is 6.04 Å². The van der Waals surface area contributed by atoms with E-state index in [9.17, 15) is 0 Å². The number of halogens is 1. The fraction of sp³-hybridized carbons (Fsp3) is 0.500. The van der Waals surface area contributed by atoms with Crippen molar-refractivity contribution in [2.75, 3.05) is 6.54 Å². The number of aromatic nitrogens is 3. The number of aryl methyl sites for hydroxylation is 2. The van der Waals surface area contributed by atoms with E-state index in [2.05, 4.69) is 35.3 Å². The third-order valence-electron chi connectivity index (χ3n) is 3.59. The highest BCUT2D eigenvalue weighted by Crippen LogP contribution is 2.22. The number of pyridine rings is 1. The zero-order valence-electron chi connectivity index (χ0n) is 12.9. The molecule has 1 atom stereocenters. The lowest BCUT2D eigenvalue weighted by Gasteiger charge is -2.18. The van der Waals surface area contributed by atoms with Gasteiger partial charge in [0.2, 0.25) is 0 Å². The van der Waals surface area contributed by atoms with E-state index in [1.807, 2.05) is 23.9 Å². The van der Waals surface area contributed by atoms with Gasteiger partial charge in [-0.2, -0.15) is 5.10 Å². The van der Waals surface area contributed by atoms with Crippen LogP contribution in [0, 0.1) is 6.92 Å². The Hall–Kier alpha value is -1.39. The average molecular weight is 307 g/mol. The monoisotopic (exact) mass is 306 g/mol. The number of likely N-dealkylation sites (N-methyl/N-ethyl adjacent to an activating group) is 1. The maximum Gasteiger partial charge on any atom is 0.0847 e. The fourth-order valence-electron chi connectivity index (χ4n) is 2.61. The maximum atomic E-state index is 6.42. The van der Waals surface area contributed by atoms with Gasteiger partial charge in [-0.1, -0.05) is 24.6 Å². The lowest BCUT2D eigenvalue weighted by molar-refractivity contribution is 0.495. The smallest absolute Gasteiger partial charge is 0.0847 e. The number of nitrogens with zero attached hydrogens (tertiary/aromatic N) is 3. The molecule has 1 unspecified atom stereocenters. The zero-order valence-corrected chi connectivity index (χ0v) is 13.7. The summed E-state index contributed by atoms with van der Waals surface area (Å²) in [6.07, 6.45) is 5.54. The Kier molecular flexibility index (Phi) is 5.76. The predicted molar refractivity (Wildman–Crippen MR) is 86.8 cm³/mol. The molecule has 0 aliphatic rings. The van der Waals surface area contributed by atoms with Gasteiger partial charge in [0.25, 0.3) is 0 Å². The molecule has 114 valence electrons. The maximum absolute atomic E-state index is 6.42. The van der Waals surface area contributed by atoms with Crippen LogP contribution in [-0.4, -0.2) is 27.4 Å². The van der Waals surface area contributed by atoms with Crippen LogP contribution in [0.1, 0.15) is 30.8 Å². The molecule has 0 saturated heterocycles. The summed E-state index contributed by atoms with van der Waals surface area (Å²) in [4.78, 5) is 4.19. The van der Waals surface area contributed by atoms with E-state index in [-0.39, 0.29) is 0 Å². The molecule has 0 aliphatic carbocycles. The van der Waals surface area contributed by atoms with Crippen LogP contribution in [0.15, 0.2) is 24.5 Å². The molecule has 1 N–H and O–H groups in total. The molecule has 0 saturated carbocycles. The minimum Gasteiger partial charge on any atom is -0.314 e. The zero-order chi connectivity index (χ0) is 15.2. The van der Waals surface area contributed by atoms with Crippen LogP contribution in [0.25, 0.3) is 0 Å². The van der Waals surface area contributed by atoms with Gasteiger partial charge in [-0.3, -0.25) is 9.67 Å². The van der Waals surface area contributed by atoms with Crippen molar-refractivity contribution in [2.24, 2.45) is 0 Å². The van der Waals surface area contributed by atoms with Gasteiger partial charge in [-0.05, 0) is 38.4 Å². The van der Waals surface area contributed by atoms with Crippen LogP contribution in [-0.2, 0) is 19.4 Å².